The highest BCUT2D eigenvalue weighted by Gasteiger charge is 2.19. The van der Waals surface area contributed by atoms with Crippen molar-refractivity contribution < 1.29 is 28.6 Å². The second kappa shape index (κ2) is 70.0. The zero-order chi connectivity index (χ0) is 59.9. The number of hydrogen-bond acceptors (Lipinski definition) is 6. The van der Waals surface area contributed by atoms with Gasteiger partial charge in [0.2, 0.25) is 0 Å². The van der Waals surface area contributed by atoms with Crippen LogP contribution in [0.15, 0.2) is 134 Å². The third kappa shape index (κ3) is 68.2. The lowest BCUT2D eigenvalue weighted by Crippen LogP contribution is -2.30. The largest absolute Gasteiger partial charge is 0.462 e. The van der Waals surface area contributed by atoms with Gasteiger partial charge in [0.25, 0.3) is 0 Å². The van der Waals surface area contributed by atoms with Crippen molar-refractivity contribution in [1.29, 1.82) is 0 Å². The van der Waals surface area contributed by atoms with Crippen LogP contribution in [0.5, 0.6) is 0 Å². The van der Waals surface area contributed by atoms with E-state index in [1.807, 2.05) is 12.2 Å². The summed E-state index contributed by atoms with van der Waals surface area (Å²) in [6.45, 7) is 6.33. The fraction of sp³-hybridized carbons (Fsp3) is 0.675. The number of hydrogen-bond donors (Lipinski definition) is 0. The average molecular weight is 1150 g/mol. The number of esters is 3. The van der Waals surface area contributed by atoms with E-state index in [0.717, 1.165) is 96.3 Å². The van der Waals surface area contributed by atoms with Crippen LogP contribution in [-0.4, -0.2) is 37.2 Å². The van der Waals surface area contributed by atoms with Gasteiger partial charge in [-0.2, -0.15) is 0 Å². The first-order chi connectivity index (χ1) is 41.0. The van der Waals surface area contributed by atoms with Gasteiger partial charge in [0, 0.05) is 19.3 Å². The second-order valence-electron chi connectivity index (χ2n) is 22.7. The summed E-state index contributed by atoms with van der Waals surface area (Å²) in [7, 11) is 0. The van der Waals surface area contributed by atoms with Crippen LogP contribution in [-0.2, 0) is 28.6 Å². The molecule has 0 fully saturated rings. The average Bonchev–Trinajstić information content (AvgIpc) is 3.49. The van der Waals surface area contributed by atoms with Crippen LogP contribution >= 0.6 is 0 Å². The number of carbonyl (C=O) groups excluding carboxylic acids is 3. The van der Waals surface area contributed by atoms with Crippen molar-refractivity contribution >= 4 is 17.9 Å². The molecule has 0 aromatic rings. The predicted octanol–water partition coefficient (Wildman–Crippen LogP) is 24.1. The minimum Gasteiger partial charge on any atom is -0.462 e. The fourth-order valence-corrected chi connectivity index (χ4v) is 9.52. The molecule has 0 amide bonds. The van der Waals surface area contributed by atoms with E-state index in [9.17, 15) is 14.4 Å². The quantitative estimate of drug-likeness (QED) is 0.0261. The Morgan fingerprint density at radius 1 is 0.253 bits per heavy atom. The topological polar surface area (TPSA) is 78.9 Å². The van der Waals surface area contributed by atoms with Crippen LogP contribution in [0.2, 0.25) is 0 Å². The molecular weight excluding hydrogens is 1020 g/mol. The standard InChI is InChI=1S/C77H128O6/c1-4-7-10-13-16-19-22-25-27-29-31-33-34-35-36-37-38-39-40-41-42-44-45-47-49-52-55-58-61-64-67-70-76(79)82-73-74(72-81-75(78)69-66-63-60-57-54-51-24-21-18-15-12-9-6-3)83-77(80)71-68-65-62-59-56-53-50-48-46-43-32-30-28-26-23-20-17-14-11-8-5-2/h8-9,11-12,17-18,20-21,26,28-29,31-32,43,48,50-51,54,56,59-60,63,74H,4-7,10,13-16,19,22-25,27,30,33-42,44-47,49,52-53,55,57-58,61-62,64-73H2,1-3H3/b11-8-,12-9-,20-17-,21-18-,28-26-,31-29-,43-32-,50-48-,54-51-,59-56-,63-60-. The Labute approximate surface area is 513 Å². The molecule has 6 nitrogen and oxygen atoms in total. The molecule has 0 aliphatic heterocycles. The van der Waals surface area contributed by atoms with Gasteiger partial charge in [0.05, 0.1) is 0 Å². The van der Waals surface area contributed by atoms with Gasteiger partial charge < -0.3 is 14.2 Å². The molecule has 0 N–H and O–H groups in total. The molecule has 0 heterocycles. The first-order valence-electron chi connectivity index (χ1n) is 34.7. The number of unbranched alkanes of at least 4 members (excludes halogenated alkanes) is 29. The maximum absolute atomic E-state index is 12.9. The van der Waals surface area contributed by atoms with Crippen LogP contribution in [0.4, 0.5) is 0 Å². The van der Waals surface area contributed by atoms with Crippen molar-refractivity contribution in [3.05, 3.63) is 134 Å². The molecule has 0 aromatic heterocycles. The van der Waals surface area contributed by atoms with E-state index in [1.54, 1.807) is 0 Å². The Morgan fingerprint density at radius 3 is 0.843 bits per heavy atom. The Bertz CT molecular complexity index is 1750. The van der Waals surface area contributed by atoms with Gasteiger partial charge in [-0.1, -0.05) is 309 Å². The number of ether oxygens (including phenoxy) is 3. The van der Waals surface area contributed by atoms with E-state index >= 15 is 0 Å². The monoisotopic (exact) mass is 1150 g/mol. The van der Waals surface area contributed by atoms with E-state index in [4.69, 9.17) is 14.2 Å². The van der Waals surface area contributed by atoms with E-state index in [-0.39, 0.29) is 44.0 Å². The summed E-state index contributed by atoms with van der Waals surface area (Å²) < 4.78 is 16.8. The first-order valence-corrected chi connectivity index (χ1v) is 34.7. The van der Waals surface area contributed by atoms with Crippen LogP contribution in [0.3, 0.4) is 0 Å². The highest BCUT2D eigenvalue weighted by molar-refractivity contribution is 5.71. The van der Waals surface area contributed by atoms with Gasteiger partial charge in [-0.15, -0.1) is 0 Å². The minimum absolute atomic E-state index is 0.120. The van der Waals surface area contributed by atoms with E-state index in [0.29, 0.717) is 19.3 Å². The maximum Gasteiger partial charge on any atom is 0.306 e. The maximum atomic E-state index is 12.9. The molecule has 1 atom stereocenters. The predicted molar refractivity (Wildman–Crippen MR) is 362 cm³/mol. The van der Waals surface area contributed by atoms with Crippen LogP contribution < -0.4 is 0 Å². The van der Waals surface area contributed by atoms with E-state index in [2.05, 4.69) is 142 Å². The molecule has 472 valence electrons. The highest BCUT2D eigenvalue weighted by atomic mass is 16.6. The summed E-state index contributed by atoms with van der Waals surface area (Å²) in [5.74, 6) is -1.04. The van der Waals surface area contributed by atoms with E-state index < -0.39 is 6.10 Å². The minimum atomic E-state index is -0.835. The molecule has 6 heteroatoms. The van der Waals surface area contributed by atoms with E-state index in [1.165, 1.54) is 167 Å². The lowest BCUT2D eigenvalue weighted by molar-refractivity contribution is -0.166. The summed E-state index contributed by atoms with van der Waals surface area (Å²) in [6, 6.07) is 0. The molecule has 1 unspecified atom stereocenters. The van der Waals surface area contributed by atoms with Crippen molar-refractivity contribution in [3.63, 3.8) is 0 Å². The Morgan fingerprint density at radius 2 is 0.494 bits per heavy atom. The molecular formula is C77H128O6. The zero-order valence-electron chi connectivity index (χ0n) is 54.2. The summed E-state index contributed by atoms with van der Waals surface area (Å²) in [6.07, 6.45) is 99.4. The second-order valence-corrected chi connectivity index (χ2v) is 22.7. The summed E-state index contributed by atoms with van der Waals surface area (Å²) in [5, 5.41) is 0. The van der Waals surface area contributed by atoms with Gasteiger partial charge in [0.1, 0.15) is 13.2 Å². The van der Waals surface area contributed by atoms with Gasteiger partial charge in [0.15, 0.2) is 6.10 Å². The molecule has 0 spiro atoms. The third-order valence-corrected chi connectivity index (χ3v) is 14.6. The molecule has 0 saturated carbocycles. The Kier molecular flexibility index (Phi) is 66.3. The summed E-state index contributed by atoms with van der Waals surface area (Å²) >= 11 is 0. The third-order valence-electron chi connectivity index (χ3n) is 14.6. The molecule has 0 aromatic carbocycles. The molecule has 0 rings (SSSR count). The smallest absolute Gasteiger partial charge is 0.306 e. The molecule has 0 aliphatic rings. The SMILES string of the molecule is CC/C=C\C/C=C\C/C=C\C/C=C\C/C=C\C/C=C\CCCCC(=O)OC(COC(=O)CC/C=C\C/C=C\C/C=C\C/C=C\CC)COC(=O)CCCCCCCCCCCCCCCCCCCCC/C=C\CCCCCCCCCC. The van der Waals surface area contributed by atoms with Crippen molar-refractivity contribution in [2.75, 3.05) is 13.2 Å². The normalized spacial score (nSPS) is 13.0. The zero-order valence-corrected chi connectivity index (χ0v) is 54.2. The summed E-state index contributed by atoms with van der Waals surface area (Å²) in [4.78, 5) is 38.3. The molecule has 0 radical (unpaired) electrons. The molecule has 0 aliphatic carbocycles. The Hall–Kier alpha value is -4.45. The van der Waals surface area contributed by atoms with Crippen LogP contribution in [0.1, 0.15) is 316 Å². The molecule has 0 bridgehead atoms. The van der Waals surface area contributed by atoms with Gasteiger partial charge in [-0.3, -0.25) is 14.4 Å². The van der Waals surface area contributed by atoms with Crippen molar-refractivity contribution in [3.8, 4) is 0 Å². The van der Waals surface area contributed by atoms with Gasteiger partial charge >= 0.3 is 17.9 Å². The fourth-order valence-electron chi connectivity index (χ4n) is 9.52. The van der Waals surface area contributed by atoms with Crippen molar-refractivity contribution in [2.24, 2.45) is 0 Å². The Balaban J connectivity index is 4.31. The van der Waals surface area contributed by atoms with Gasteiger partial charge in [-0.25, -0.2) is 0 Å². The lowest BCUT2D eigenvalue weighted by Gasteiger charge is -2.18. The van der Waals surface area contributed by atoms with Crippen molar-refractivity contribution in [2.45, 2.75) is 322 Å². The molecule has 83 heavy (non-hydrogen) atoms. The lowest BCUT2D eigenvalue weighted by atomic mass is 10.0. The van der Waals surface area contributed by atoms with Crippen molar-refractivity contribution in [1.82, 2.24) is 0 Å². The van der Waals surface area contributed by atoms with Crippen LogP contribution in [0, 0.1) is 0 Å². The number of allylic oxidation sites excluding steroid dienone is 22. The molecule has 0 saturated heterocycles. The van der Waals surface area contributed by atoms with Crippen LogP contribution in [0.25, 0.3) is 0 Å². The summed E-state index contributed by atoms with van der Waals surface area (Å²) in [5.41, 5.74) is 0. The van der Waals surface area contributed by atoms with Gasteiger partial charge in [-0.05, 0) is 122 Å². The number of rotatable bonds is 62. The highest BCUT2D eigenvalue weighted by Crippen LogP contribution is 2.17. The first kappa shape index (κ1) is 78.5. The number of carbonyl (C=O) groups is 3.